The van der Waals surface area contributed by atoms with Gasteiger partial charge in [-0.25, -0.2) is 0 Å². The van der Waals surface area contributed by atoms with E-state index in [2.05, 4.69) is 96.0 Å². The molecular weight excluding hydrogens is 690 g/mol. The van der Waals surface area contributed by atoms with E-state index in [4.69, 9.17) is 9.16 Å². The van der Waals surface area contributed by atoms with Gasteiger partial charge in [0.1, 0.15) is 23.8 Å². The minimum absolute atomic E-state index is 0.164. The maximum atomic E-state index is 15.1. The van der Waals surface area contributed by atoms with Crippen molar-refractivity contribution >= 4 is 20.1 Å². The highest BCUT2D eigenvalue weighted by Gasteiger charge is 2.65. The summed E-state index contributed by atoms with van der Waals surface area (Å²) in [7, 11) is -1.82. The normalized spacial score (nSPS) is 19.7. The summed E-state index contributed by atoms with van der Waals surface area (Å²) in [6.07, 6.45) is 6.12. The summed E-state index contributed by atoms with van der Waals surface area (Å²) in [6.45, 7) is 20.0. The lowest BCUT2D eigenvalue weighted by atomic mass is 9.83. The van der Waals surface area contributed by atoms with Crippen LogP contribution in [0.4, 0.5) is 18.9 Å². The van der Waals surface area contributed by atoms with Crippen LogP contribution in [0.2, 0.25) is 18.1 Å². The van der Waals surface area contributed by atoms with Crippen molar-refractivity contribution < 1.29 is 22.3 Å². The van der Waals surface area contributed by atoms with Crippen molar-refractivity contribution in [1.29, 1.82) is 15.8 Å². The Labute approximate surface area is 313 Å². The molecule has 2 aliphatic rings. The average Bonchev–Trinajstić information content (AvgIpc) is 3.59. The third-order valence-corrected chi connectivity index (χ3v) is 14.9. The van der Waals surface area contributed by atoms with Gasteiger partial charge in [-0.05, 0) is 65.7 Å². The lowest BCUT2D eigenvalue weighted by Gasteiger charge is -2.37. The molecule has 0 fully saturated rings. The second kappa shape index (κ2) is 15.9. The van der Waals surface area contributed by atoms with E-state index in [-0.39, 0.29) is 16.0 Å². The lowest BCUT2D eigenvalue weighted by molar-refractivity contribution is -0.249. The lowest BCUT2D eigenvalue weighted by Crippen LogP contribution is -2.43. The number of hydrogen-bond acceptors (Lipinski definition) is 6. The highest BCUT2D eigenvalue weighted by molar-refractivity contribution is 6.74. The number of rotatable bonds is 11. The molecule has 276 valence electrons. The Morgan fingerprint density at radius 2 is 1.60 bits per heavy atom. The van der Waals surface area contributed by atoms with Gasteiger partial charge in [-0.15, -0.1) is 0 Å². The van der Waals surface area contributed by atoms with Gasteiger partial charge in [-0.2, -0.15) is 29.0 Å². The Bertz CT molecular complexity index is 1980. The second-order valence-corrected chi connectivity index (χ2v) is 20.2. The van der Waals surface area contributed by atoms with Crippen LogP contribution < -0.4 is 4.90 Å². The van der Waals surface area contributed by atoms with Crippen LogP contribution in [0.15, 0.2) is 119 Å². The predicted octanol–water partition coefficient (Wildman–Crippen LogP) is 11.0. The molecule has 0 radical (unpaired) electrons. The first-order valence-corrected chi connectivity index (χ1v) is 20.5. The number of anilines is 1. The van der Waals surface area contributed by atoms with Crippen LogP contribution in [0.25, 0.3) is 6.08 Å². The Kier molecular flexibility index (Phi) is 12.2. The van der Waals surface area contributed by atoms with E-state index >= 15 is 13.2 Å². The summed E-state index contributed by atoms with van der Waals surface area (Å²) in [4.78, 5) is 2.31. The monoisotopic (exact) mass is 736 g/mol. The zero-order chi connectivity index (χ0) is 39.2. The van der Waals surface area contributed by atoms with Crippen LogP contribution >= 0.6 is 0 Å². The first-order chi connectivity index (χ1) is 24.8. The van der Waals surface area contributed by atoms with Crippen molar-refractivity contribution in [1.82, 2.24) is 0 Å². The van der Waals surface area contributed by atoms with Crippen molar-refractivity contribution in [2.75, 3.05) is 24.6 Å². The molecule has 10 heteroatoms. The Morgan fingerprint density at radius 1 is 0.962 bits per heavy atom. The van der Waals surface area contributed by atoms with E-state index in [1.165, 1.54) is 36.4 Å². The molecule has 1 heterocycles. The molecule has 1 unspecified atom stereocenters. The maximum absolute atomic E-state index is 15.1. The van der Waals surface area contributed by atoms with Crippen molar-refractivity contribution in [2.45, 2.75) is 77.9 Å². The molecule has 6 nitrogen and oxygen atoms in total. The molecule has 1 aliphatic carbocycles. The number of halogens is 3. The van der Waals surface area contributed by atoms with Gasteiger partial charge in [0.2, 0.25) is 0 Å². The first kappa shape index (κ1) is 40.7. The quantitative estimate of drug-likeness (QED) is 0.168. The van der Waals surface area contributed by atoms with Crippen LogP contribution in [0, 0.1) is 39.4 Å². The molecule has 53 heavy (non-hydrogen) atoms. The van der Waals surface area contributed by atoms with Crippen LogP contribution in [0.5, 0.6) is 0 Å². The number of hydrogen-bond donors (Lipinski definition) is 0. The van der Waals surface area contributed by atoms with Gasteiger partial charge in [-0.1, -0.05) is 114 Å². The number of allylic oxidation sites excluding steroid dienone is 8. The average molecular weight is 737 g/mol. The van der Waals surface area contributed by atoms with E-state index < -0.39 is 42.6 Å². The van der Waals surface area contributed by atoms with Crippen molar-refractivity contribution in [3.8, 4) is 18.2 Å². The molecule has 1 aliphatic heterocycles. The highest BCUT2D eigenvalue weighted by Crippen LogP contribution is 2.56. The smallest absolute Gasteiger partial charge is 0.437 e. The minimum Gasteiger partial charge on any atom is -0.465 e. The van der Waals surface area contributed by atoms with Gasteiger partial charge in [0, 0.05) is 29.9 Å². The summed E-state index contributed by atoms with van der Waals surface area (Å²) in [5.41, 5.74) is -1.22. The molecule has 0 amide bonds. The van der Waals surface area contributed by atoms with E-state index in [9.17, 15) is 15.8 Å². The third kappa shape index (κ3) is 8.60. The summed E-state index contributed by atoms with van der Waals surface area (Å²) in [6, 6.07) is 20.2. The molecule has 2 aromatic carbocycles. The van der Waals surface area contributed by atoms with Gasteiger partial charge in [-0.3, -0.25) is 0 Å². The number of benzene rings is 2. The number of nitrogens with zero attached hydrogens (tertiary/aromatic N) is 4. The zero-order valence-electron chi connectivity index (χ0n) is 31.7. The van der Waals surface area contributed by atoms with E-state index in [0.29, 0.717) is 13.0 Å². The van der Waals surface area contributed by atoms with E-state index in [0.717, 1.165) is 35.5 Å². The van der Waals surface area contributed by atoms with Gasteiger partial charge >= 0.3 is 6.18 Å². The molecule has 2 aromatic rings. The van der Waals surface area contributed by atoms with Crippen LogP contribution in [0.3, 0.4) is 0 Å². The third-order valence-electron chi connectivity index (χ3n) is 10.3. The minimum atomic E-state index is -5.04. The largest absolute Gasteiger partial charge is 0.465 e. The molecule has 0 spiro atoms. The van der Waals surface area contributed by atoms with E-state index in [1.807, 2.05) is 6.08 Å². The fourth-order valence-corrected chi connectivity index (χ4v) is 7.25. The van der Waals surface area contributed by atoms with E-state index in [1.54, 1.807) is 30.4 Å². The molecule has 1 atom stereocenters. The number of alkyl halides is 3. The molecule has 0 aromatic heterocycles. The molecule has 4 rings (SSSR count). The molecule has 0 saturated carbocycles. The SMILES string of the molecule is CCN(CCO[Si](C)(C)C(C)(C)C)c1ccc(/C=C/C2=CC(=C\C=C\C3=C(C#N)C(=C(C#N)C#N)OC3(c3ccccc3)C(F)(F)F)/CC2(C)C)cc1. The van der Waals surface area contributed by atoms with Crippen LogP contribution in [-0.4, -0.2) is 34.2 Å². The van der Waals surface area contributed by atoms with Crippen molar-refractivity contribution in [2.24, 2.45) is 5.41 Å². The van der Waals surface area contributed by atoms with Crippen molar-refractivity contribution in [3.05, 3.63) is 130 Å². The van der Waals surface area contributed by atoms with Gasteiger partial charge < -0.3 is 14.1 Å². The zero-order valence-corrected chi connectivity index (χ0v) is 32.7. The van der Waals surface area contributed by atoms with Gasteiger partial charge in [0.25, 0.3) is 5.60 Å². The van der Waals surface area contributed by atoms with Gasteiger partial charge in [0.15, 0.2) is 19.6 Å². The topological polar surface area (TPSA) is 93.1 Å². The molecular formula is C43H47F3N4O2Si. The molecule has 0 saturated heterocycles. The standard InChI is InChI=1S/C43H47F3N4O2Si/c1-9-50(24-25-51-53(7,8)40(2,3)4)36-22-19-31(20-23-36)18-21-35-26-32(27-41(35,5)6)14-13-17-38-37(30-49)39(33(28-47)29-48)52-42(38,43(44,45)46)34-15-11-10-12-16-34/h10-23,26H,9,24-25,27H2,1-8H3/b17-13+,21-18+,32-14+. The van der Waals surface area contributed by atoms with Crippen LogP contribution in [-0.2, 0) is 14.8 Å². The Balaban J connectivity index is 1.59. The molecule has 0 N–H and O–H groups in total. The summed E-state index contributed by atoms with van der Waals surface area (Å²) in [5, 5.41) is 29.2. The fourth-order valence-electron chi connectivity index (χ4n) is 6.22. The summed E-state index contributed by atoms with van der Waals surface area (Å²) in [5.74, 6) is -0.689. The summed E-state index contributed by atoms with van der Waals surface area (Å²) < 4.78 is 57.1. The number of nitriles is 3. The van der Waals surface area contributed by atoms with Crippen molar-refractivity contribution in [3.63, 3.8) is 0 Å². The van der Waals surface area contributed by atoms with Crippen LogP contribution in [0.1, 0.15) is 59.1 Å². The predicted molar refractivity (Wildman–Crippen MR) is 206 cm³/mol. The summed E-state index contributed by atoms with van der Waals surface area (Å²) >= 11 is 0. The maximum Gasteiger partial charge on any atom is 0.437 e. The second-order valence-electron chi connectivity index (χ2n) is 15.3. The highest BCUT2D eigenvalue weighted by atomic mass is 28.4. The Morgan fingerprint density at radius 3 is 2.15 bits per heavy atom. The number of likely N-dealkylation sites (N-methyl/N-ethyl adjacent to an activating group) is 1. The molecule has 0 bridgehead atoms. The Hall–Kier alpha value is -5.08. The first-order valence-electron chi connectivity index (χ1n) is 17.6. The number of ether oxygens (including phenoxy) is 1. The van der Waals surface area contributed by atoms with Gasteiger partial charge in [0.05, 0.1) is 6.61 Å². The fraction of sp³-hybridized carbons (Fsp3) is 0.372.